The van der Waals surface area contributed by atoms with E-state index >= 15 is 0 Å². The molecule has 1 aromatic heterocycles. The topological polar surface area (TPSA) is 57.2 Å². The third kappa shape index (κ3) is 4.57. The van der Waals surface area contributed by atoms with Crippen LogP contribution in [0.4, 0.5) is 17.5 Å². The van der Waals surface area contributed by atoms with Crippen LogP contribution in [0.5, 0.6) is 0 Å². The predicted octanol–water partition coefficient (Wildman–Crippen LogP) is 3.16. The molecule has 144 valence electrons. The summed E-state index contributed by atoms with van der Waals surface area (Å²) >= 11 is 0. The van der Waals surface area contributed by atoms with Gasteiger partial charge >= 0.3 is 0 Å². The van der Waals surface area contributed by atoms with Gasteiger partial charge in [-0.1, -0.05) is 42.5 Å². The molecule has 1 N–H and O–H groups in total. The van der Waals surface area contributed by atoms with Gasteiger partial charge in [0.1, 0.15) is 0 Å². The van der Waals surface area contributed by atoms with Crippen molar-refractivity contribution in [1.29, 1.82) is 0 Å². The molecule has 1 aliphatic heterocycles. The number of piperazine rings is 1. The van der Waals surface area contributed by atoms with Crippen LogP contribution in [0.3, 0.4) is 0 Å². The fraction of sp³-hybridized carbons (Fsp3) is 0.318. The van der Waals surface area contributed by atoms with Crippen molar-refractivity contribution in [3.8, 4) is 0 Å². The molecule has 0 spiro atoms. The van der Waals surface area contributed by atoms with Crippen molar-refractivity contribution in [2.45, 2.75) is 13.3 Å². The first-order valence-corrected chi connectivity index (χ1v) is 9.82. The summed E-state index contributed by atoms with van der Waals surface area (Å²) in [6, 6.07) is 19.1. The minimum atomic E-state index is 0.592. The van der Waals surface area contributed by atoms with Gasteiger partial charge in [-0.25, -0.2) is 0 Å². The summed E-state index contributed by atoms with van der Waals surface area (Å²) in [7, 11) is 0. The van der Waals surface area contributed by atoms with Crippen LogP contribution in [-0.2, 0) is 6.42 Å². The lowest BCUT2D eigenvalue weighted by Gasteiger charge is -2.36. The molecule has 1 fully saturated rings. The molecule has 2 heterocycles. The van der Waals surface area contributed by atoms with Crippen molar-refractivity contribution in [3.63, 3.8) is 0 Å². The standard InChI is InChI=1S/C22H26N6/c1-18-6-5-9-20(16-18)27-12-14-28(15-13-27)21-17-24-26-22(25-21)23-11-10-19-7-3-2-4-8-19/h2-9,16-17H,10-15H2,1H3,(H,23,25,26). The molecule has 1 saturated heterocycles. The van der Waals surface area contributed by atoms with Gasteiger partial charge in [0.15, 0.2) is 5.82 Å². The fourth-order valence-corrected chi connectivity index (χ4v) is 3.50. The number of hydrogen-bond acceptors (Lipinski definition) is 6. The number of rotatable bonds is 6. The van der Waals surface area contributed by atoms with E-state index in [1.54, 1.807) is 6.20 Å². The zero-order valence-corrected chi connectivity index (χ0v) is 16.3. The molecule has 0 bridgehead atoms. The summed E-state index contributed by atoms with van der Waals surface area (Å²) in [5.41, 5.74) is 3.89. The van der Waals surface area contributed by atoms with Crippen molar-refractivity contribution < 1.29 is 0 Å². The van der Waals surface area contributed by atoms with Crippen LogP contribution in [0, 0.1) is 6.92 Å². The van der Waals surface area contributed by atoms with Crippen LogP contribution < -0.4 is 15.1 Å². The highest BCUT2D eigenvalue weighted by Gasteiger charge is 2.19. The maximum Gasteiger partial charge on any atom is 0.244 e. The molecule has 28 heavy (non-hydrogen) atoms. The first kappa shape index (κ1) is 18.2. The Morgan fingerprint density at radius 2 is 1.71 bits per heavy atom. The highest BCUT2D eigenvalue weighted by atomic mass is 15.3. The quantitative estimate of drug-likeness (QED) is 0.715. The second-order valence-electron chi connectivity index (χ2n) is 7.11. The molecule has 3 aromatic rings. The number of aryl methyl sites for hydroxylation is 1. The van der Waals surface area contributed by atoms with Crippen molar-refractivity contribution >= 4 is 17.5 Å². The van der Waals surface area contributed by atoms with Crippen LogP contribution in [0.2, 0.25) is 0 Å². The minimum absolute atomic E-state index is 0.592. The molecule has 0 aliphatic carbocycles. The number of benzene rings is 2. The van der Waals surface area contributed by atoms with Crippen molar-refractivity contribution in [2.24, 2.45) is 0 Å². The van der Waals surface area contributed by atoms with Gasteiger partial charge in [-0.15, -0.1) is 5.10 Å². The van der Waals surface area contributed by atoms with E-state index in [1.165, 1.54) is 16.8 Å². The molecule has 6 nitrogen and oxygen atoms in total. The van der Waals surface area contributed by atoms with Gasteiger partial charge in [-0.3, -0.25) is 0 Å². The van der Waals surface area contributed by atoms with Gasteiger partial charge in [0, 0.05) is 38.4 Å². The normalized spacial score (nSPS) is 14.2. The minimum Gasteiger partial charge on any atom is -0.368 e. The number of nitrogens with one attached hydrogen (secondary N) is 1. The van der Waals surface area contributed by atoms with E-state index in [9.17, 15) is 0 Å². The molecule has 2 aromatic carbocycles. The molecule has 6 heteroatoms. The molecule has 0 radical (unpaired) electrons. The number of anilines is 3. The molecule has 1 aliphatic rings. The van der Waals surface area contributed by atoms with Crippen LogP contribution in [0.15, 0.2) is 60.8 Å². The van der Waals surface area contributed by atoms with E-state index in [0.717, 1.165) is 45.0 Å². The Kier molecular flexibility index (Phi) is 5.66. The molecule has 0 atom stereocenters. The average Bonchev–Trinajstić information content (AvgIpc) is 2.75. The van der Waals surface area contributed by atoms with E-state index in [2.05, 4.69) is 85.8 Å². The van der Waals surface area contributed by atoms with Crippen molar-refractivity contribution in [1.82, 2.24) is 15.2 Å². The smallest absolute Gasteiger partial charge is 0.244 e. The number of hydrogen-bond donors (Lipinski definition) is 1. The maximum atomic E-state index is 4.66. The van der Waals surface area contributed by atoms with Crippen LogP contribution in [-0.4, -0.2) is 47.9 Å². The zero-order chi connectivity index (χ0) is 19.2. The van der Waals surface area contributed by atoms with Crippen molar-refractivity contribution in [2.75, 3.05) is 47.8 Å². The fourth-order valence-electron chi connectivity index (χ4n) is 3.50. The third-order valence-corrected chi connectivity index (χ3v) is 5.06. The summed E-state index contributed by atoms with van der Waals surface area (Å²) < 4.78 is 0. The summed E-state index contributed by atoms with van der Waals surface area (Å²) in [6.07, 6.45) is 2.69. The Hall–Kier alpha value is -3.15. The zero-order valence-electron chi connectivity index (χ0n) is 16.3. The molecule has 4 rings (SSSR count). The van der Waals surface area contributed by atoms with Crippen LogP contribution >= 0.6 is 0 Å². The van der Waals surface area contributed by atoms with E-state index < -0.39 is 0 Å². The monoisotopic (exact) mass is 374 g/mol. The van der Waals surface area contributed by atoms with Crippen LogP contribution in [0.1, 0.15) is 11.1 Å². The van der Waals surface area contributed by atoms with Gasteiger partial charge in [-0.05, 0) is 36.6 Å². The van der Waals surface area contributed by atoms with E-state index in [0.29, 0.717) is 5.95 Å². The Balaban J connectivity index is 1.32. The SMILES string of the molecule is Cc1cccc(N2CCN(c3cnnc(NCCc4ccccc4)n3)CC2)c1. The first-order valence-electron chi connectivity index (χ1n) is 9.82. The highest BCUT2D eigenvalue weighted by molar-refractivity contribution is 5.51. The highest BCUT2D eigenvalue weighted by Crippen LogP contribution is 2.20. The molecule has 0 amide bonds. The predicted molar refractivity (Wildman–Crippen MR) is 114 cm³/mol. The summed E-state index contributed by atoms with van der Waals surface area (Å²) in [5.74, 6) is 1.48. The van der Waals surface area contributed by atoms with E-state index in [4.69, 9.17) is 0 Å². The Morgan fingerprint density at radius 1 is 0.929 bits per heavy atom. The lowest BCUT2D eigenvalue weighted by molar-refractivity contribution is 0.644. The summed E-state index contributed by atoms with van der Waals surface area (Å²) in [6.45, 7) is 6.73. The van der Waals surface area contributed by atoms with Crippen molar-refractivity contribution in [3.05, 3.63) is 71.9 Å². The van der Waals surface area contributed by atoms with Crippen LogP contribution in [0.25, 0.3) is 0 Å². The maximum absolute atomic E-state index is 4.66. The second-order valence-corrected chi connectivity index (χ2v) is 7.11. The van der Waals surface area contributed by atoms with Gasteiger partial charge in [0.05, 0.1) is 6.20 Å². The average molecular weight is 374 g/mol. The number of aromatic nitrogens is 3. The first-order chi connectivity index (χ1) is 13.8. The van der Waals surface area contributed by atoms with Gasteiger partial charge in [-0.2, -0.15) is 10.1 Å². The van der Waals surface area contributed by atoms with E-state index in [-0.39, 0.29) is 0 Å². The second kappa shape index (κ2) is 8.69. The molecule has 0 saturated carbocycles. The lowest BCUT2D eigenvalue weighted by Crippen LogP contribution is -2.47. The largest absolute Gasteiger partial charge is 0.368 e. The van der Waals surface area contributed by atoms with Gasteiger partial charge < -0.3 is 15.1 Å². The Labute approximate surface area is 166 Å². The lowest BCUT2D eigenvalue weighted by atomic mass is 10.1. The van der Waals surface area contributed by atoms with Gasteiger partial charge in [0.2, 0.25) is 5.95 Å². The van der Waals surface area contributed by atoms with E-state index in [1.807, 2.05) is 6.07 Å². The molecular formula is C22H26N6. The molecule has 0 unspecified atom stereocenters. The summed E-state index contributed by atoms with van der Waals surface area (Å²) in [5, 5.41) is 11.6. The Morgan fingerprint density at radius 3 is 2.50 bits per heavy atom. The third-order valence-electron chi connectivity index (χ3n) is 5.06. The summed E-state index contributed by atoms with van der Waals surface area (Å²) in [4.78, 5) is 9.37. The number of nitrogens with zero attached hydrogens (tertiary/aromatic N) is 5. The molecular weight excluding hydrogens is 348 g/mol. The Bertz CT molecular complexity index is 890. The van der Waals surface area contributed by atoms with Gasteiger partial charge in [0.25, 0.3) is 0 Å².